The molecule has 0 aliphatic carbocycles. The molecule has 0 spiro atoms. The van der Waals surface area contributed by atoms with Gasteiger partial charge in [0.2, 0.25) is 0 Å². The van der Waals surface area contributed by atoms with Crippen LogP contribution in [0.25, 0.3) is 21.5 Å². The van der Waals surface area contributed by atoms with Gasteiger partial charge in [0.25, 0.3) is 32.1 Å². The van der Waals surface area contributed by atoms with E-state index in [4.69, 9.17) is 0 Å². The number of rotatable bonds is 8. The van der Waals surface area contributed by atoms with E-state index in [9.17, 15) is 50.5 Å². The molecular weight excluding hydrogens is 741 g/mol. The molecule has 0 fully saturated rings. The lowest BCUT2D eigenvalue weighted by Gasteiger charge is -2.14. The van der Waals surface area contributed by atoms with E-state index >= 15 is 0 Å². The molecule has 4 amide bonds. The van der Waals surface area contributed by atoms with Crippen molar-refractivity contribution in [2.75, 3.05) is 21.3 Å². The number of anilines is 4. The summed E-state index contributed by atoms with van der Waals surface area (Å²) in [7, 11) is -9.16. The Hall–Kier alpha value is -6.53. The molecule has 0 aromatic heterocycles. The van der Waals surface area contributed by atoms with Crippen LogP contribution in [0.3, 0.4) is 0 Å². The maximum atomic E-state index is 13.0. The van der Waals surface area contributed by atoms with E-state index in [2.05, 4.69) is 21.3 Å². The fourth-order valence-electron chi connectivity index (χ4n) is 5.67. The van der Waals surface area contributed by atoms with Crippen molar-refractivity contribution in [2.24, 2.45) is 0 Å². The summed E-state index contributed by atoms with van der Waals surface area (Å²) in [6.07, 6.45) is 0. The first-order valence-corrected chi connectivity index (χ1v) is 18.6. The van der Waals surface area contributed by atoms with Gasteiger partial charge in [-0.05, 0) is 121 Å². The summed E-state index contributed by atoms with van der Waals surface area (Å²) in [5.74, 6) is -1.73. The van der Waals surface area contributed by atoms with Crippen LogP contribution in [0.5, 0.6) is 11.5 Å². The predicted octanol–water partition coefficient (Wildman–Crippen LogP) is 6.66. The number of phenols is 2. The molecule has 0 bridgehead atoms. The van der Waals surface area contributed by atoms with Crippen molar-refractivity contribution in [3.63, 3.8) is 0 Å². The lowest BCUT2D eigenvalue weighted by Crippen LogP contribution is -2.21. The molecule has 6 aromatic rings. The fourth-order valence-corrected chi connectivity index (χ4v) is 6.74. The van der Waals surface area contributed by atoms with E-state index in [-0.39, 0.29) is 33.4 Å². The van der Waals surface area contributed by atoms with E-state index in [1.807, 2.05) is 0 Å². The van der Waals surface area contributed by atoms with Gasteiger partial charge in [0, 0.05) is 56.8 Å². The molecule has 0 heterocycles. The average molecular weight is 771 g/mol. The number of hydrogen-bond acceptors (Lipinski definition) is 9. The molecular formula is C37H30N4O11S2. The normalized spacial score (nSPS) is 11.6. The minimum Gasteiger partial charge on any atom is -0.507 e. The molecule has 8 N–H and O–H groups in total. The summed E-state index contributed by atoms with van der Waals surface area (Å²) in [6, 6.07) is 21.7. The molecule has 0 aliphatic heterocycles. The van der Waals surface area contributed by atoms with Gasteiger partial charge in [0.1, 0.15) is 11.5 Å². The molecule has 17 heteroatoms. The smallest absolute Gasteiger partial charge is 0.323 e. The number of hydrogen-bond donors (Lipinski definition) is 8. The van der Waals surface area contributed by atoms with Crippen molar-refractivity contribution in [3.8, 4) is 11.5 Å². The van der Waals surface area contributed by atoms with E-state index in [0.29, 0.717) is 44.6 Å². The summed E-state index contributed by atoms with van der Waals surface area (Å²) in [5.41, 5.74) is 3.02. The Labute approximate surface area is 307 Å². The first kappa shape index (κ1) is 37.2. The Kier molecular flexibility index (Phi) is 9.74. The summed E-state index contributed by atoms with van der Waals surface area (Å²) in [6.45, 7) is 3.37. The van der Waals surface area contributed by atoms with Crippen LogP contribution in [-0.4, -0.2) is 54.0 Å². The summed E-state index contributed by atoms with van der Waals surface area (Å²) in [4.78, 5) is 38.0. The average Bonchev–Trinajstić information content (AvgIpc) is 3.08. The van der Waals surface area contributed by atoms with Crippen LogP contribution in [0.15, 0.2) is 107 Å². The lowest BCUT2D eigenvalue weighted by molar-refractivity contribution is 0.101. The highest BCUT2D eigenvalue weighted by molar-refractivity contribution is 7.86. The van der Waals surface area contributed by atoms with E-state index in [1.165, 1.54) is 60.7 Å². The van der Waals surface area contributed by atoms with Crippen molar-refractivity contribution in [1.29, 1.82) is 0 Å². The summed E-state index contributed by atoms with van der Waals surface area (Å²) < 4.78 is 65.0. The molecule has 54 heavy (non-hydrogen) atoms. The monoisotopic (exact) mass is 770 g/mol. The quantitative estimate of drug-likeness (QED) is 0.0760. The largest absolute Gasteiger partial charge is 0.507 e. The van der Waals surface area contributed by atoms with Gasteiger partial charge in [-0.25, -0.2) is 4.79 Å². The van der Waals surface area contributed by atoms with Crippen LogP contribution < -0.4 is 21.3 Å². The van der Waals surface area contributed by atoms with Crippen LogP contribution in [-0.2, 0) is 20.2 Å². The Balaban J connectivity index is 1.09. The van der Waals surface area contributed by atoms with Gasteiger partial charge >= 0.3 is 6.03 Å². The van der Waals surface area contributed by atoms with Crippen LogP contribution in [0.4, 0.5) is 27.5 Å². The molecule has 15 nitrogen and oxygen atoms in total. The zero-order chi connectivity index (χ0) is 39.1. The highest BCUT2D eigenvalue weighted by Gasteiger charge is 2.17. The van der Waals surface area contributed by atoms with E-state index in [0.717, 1.165) is 12.1 Å². The van der Waals surface area contributed by atoms with Crippen molar-refractivity contribution in [2.45, 2.75) is 23.6 Å². The first-order valence-electron chi connectivity index (χ1n) is 15.8. The number of aromatic hydroxyl groups is 2. The van der Waals surface area contributed by atoms with Gasteiger partial charge in [-0.15, -0.1) is 0 Å². The first-order chi connectivity index (χ1) is 25.3. The van der Waals surface area contributed by atoms with E-state index in [1.54, 1.807) is 38.1 Å². The summed E-state index contributed by atoms with van der Waals surface area (Å²) >= 11 is 0. The van der Waals surface area contributed by atoms with Crippen LogP contribution in [0, 0.1) is 13.8 Å². The van der Waals surface area contributed by atoms with Crippen LogP contribution in [0.1, 0.15) is 31.8 Å². The Morgan fingerprint density at radius 3 is 1.24 bits per heavy atom. The molecule has 0 atom stereocenters. The Bertz CT molecular complexity index is 2600. The second kappa shape index (κ2) is 14.1. The second-order valence-corrected chi connectivity index (χ2v) is 15.1. The number of nitrogens with one attached hydrogen (secondary N) is 4. The number of carbonyl (C=O) groups is 3. The Morgan fingerprint density at radius 1 is 0.500 bits per heavy atom. The fraction of sp³-hybridized carbons (Fsp3) is 0.0541. The second-order valence-electron chi connectivity index (χ2n) is 12.3. The zero-order valence-corrected chi connectivity index (χ0v) is 29.8. The standard InChI is InChI=1S/C37H30N4O11S2/c1-19-11-21(35(44)38-25-5-7-29-23(13-25)15-27(17-33(29)42)53(47,48)49)3-9-31(19)40-37(46)41-32-10-4-22(12-20(32)2)36(45)39-26-6-8-30-24(14-26)16-28(18-34(30)43)54(50,51)52/h3-18,42-43H,1-2H3,(H,38,44)(H,39,45)(H2,40,41,46)(H,47,48,49)(H,50,51,52). The third-order valence-electron chi connectivity index (χ3n) is 8.39. The molecule has 0 saturated carbocycles. The molecule has 276 valence electrons. The molecule has 0 unspecified atom stereocenters. The van der Waals surface area contributed by atoms with Crippen LogP contribution >= 0.6 is 0 Å². The maximum absolute atomic E-state index is 13.0. The third-order valence-corrected chi connectivity index (χ3v) is 10.1. The molecule has 0 aliphatic rings. The minimum absolute atomic E-state index is 0.252. The topological polar surface area (TPSA) is 249 Å². The number of urea groups is 1. The number of fused-ring (bicyclic) bond motifs is 2. The van der Waals surface area contributed by atoms with Gasteiger partial charge in [-0.2, -0.15) is 16.8 Å². The lowest BCUT2D eigenvalue weighted by atomic mass is 10.1. The molecule has 0 radical (unpaired) electrons. The predicted molar refractivity (Wildman–Crippen MR) is 202 cm³/mol. The van der Waals surface area contributed by atoms with Gasteiger partial charge in [0.05, 0.1) is 9.79 Å². The third kappa shape index (κ3) is 8.08. The zero-order valence-electron chi connectivity index (χ0n) is 28.2. The van der Waals surface area contributed by atoms with Gasteiger partial charge in [-0.3, -0.25) is 18.7 Å². The van der Waals surface area contributed by atoms with Gasteiger partial charge < -0.3 is 31.5 Å². The van der Waals surface area contributed by atoms with Crippen LogP contribution in [0.2, 0.25) is 0 Å². The molecule has 0 saturated heterocycles. The number of benzene rings is 6. The highest BCUT2D eigenvalue weighted by atomic mass is 32.2. The molecule has 6 aromatic carbocycles. The highest BCUT2D eigenvalue weighted by Crippen LogP contribution is 2.32. The number of carbonyl (C=O) groups excluding carboxylic acids is 3. The van der Waals surface area contributed by atoms with E-state index < -0.39 is 47.9 Å². The summed E-state index contributed by atoms with van der Waals surface area (Å²) in [5, 5.41) is 32.3. The molecule has 6 rings (SSSR count). The van der Waals surface area contributed by atoms with Crippen molar-refractivity contribution < 1.29 is 50.5 Å². The van der Waals surface area contributed by atoms with Crippen molar-refractivity contribution in [1.82, 2.24) is 0 Å². The number of phenolic OH excluding ortho intramolecular Hbond substituents is 2. The van der Waals surface area contributed by atoms with Crippen molar-refractivity contribution in [3.05, 3.63) is 119 Å². The number of aryl methyl sites for hydroxylation is 2. The number of amides is 4. The van der Waals surface area contributed by atoms with Gasteiger partial charge in [-0.1, -0.05) is 0 Å². The minimum atomic E-state index is -4.58. The van der Waals surface area contributed by atoms with Crippen molar-refractivity contribution >= 4 is 82.4 Å². The Morgan fingerprint density at radius 2 is 0.889 bits per heavy atom. The van der Waals surface area contributed by atoms with Gasteiger partial charge in [0.15, 0.2) is 0 Å². The maximum Gasteiger partial charge on any atom is 0.323 e. The SMILES string of the molecule is Cc1cc(C(=O)Nc2ccc3c(O)cc(S(=O)(=O)O)cc3c2)ccc1NC(=O)Nc1ccc(C(=O)Nc2ccc3c(O)cc(S(=O)(=O)O)cc3c2)cc1C.